The fourth-order valence-electron chi connectivity index (χ4n) is 3.22. The third-order valence-corrected chi connectivity index (χ3v) is 5.21. The van der Waals surface area contributed by atoms with Gasteiger partial charge in [0.15, 0.2) is 5.96 Å². The monoisotopic (exact) mass is 389 g/mol. The van der Waals surface area contributed by atoms with E-state index in [1.807, 2.05) is 6.07 Å². The third-order valence-electron chi connectivity index (χ3n) is 4.86. The van der Waals surface area contributed by atoms with E-state index in [4.69, 9.17) is 11.6 Å². The minimum Gasteiger partial charge on any atom is -0.351 e. The molecule has 0 saturated carbocycles. The number of benzene rings is 1. The van der Waals surface area contributed by atoms with E-state index in [2.05, 4.69) is 38.1 Å². The molecule has 1 N–H and O–H groups in total. The van der Waals surface area contributed by atoms with Crippen LogP contribution in [0.4, 0.5) is 4.39 Å². The number of nitrogens with zero attached hydrogens (tertiary/aromatic N) is 4. The Balaban J connectivity index is 1.54. The lowest BCUT2D eigenvalue weighted by atomic mass is 10.2. The van der Waals surface area contributed by atoms with Crippen LogP contribution in [0.5, 0.6) is 0 Å². The molecule has 1 aliphatic rings. The van der Waals surface area contributed by atoms with Gasteiger partial charge in [-0.2, -0.15) is 0 Å². The molecule has 0 amide bonds. The molecule has 7 heteroatoms. The van der Waals surface area contributed by atoms with Gasteiger partial charge in [-0.1, -0.05) is 23.7 Å². The lowest BCUT2D eigenvalue weighted by Gasteiger charge is -2.36. The van der Waals surface area contributed by atoms with Crippen LogP contribution in [0.1, 0.15) is 16.8 Å². The molecule has 0 atom stereocenters. The zero-order valence-electron chi connectivity index (χ0n) is 15.8. The summed E-state index contributed by atoms with van der Waals surface area (Å²) in [5.74, 6) is 0.622. The Morgan fingerprint density at radius 2 is 2.00 bits per heavy atom. The van der Waals surface area contributed by atoms with Gasteiger partial charge >= 0.3 is 0 Å². The average molecular weight is 390 g/mol. The van der Waals surface area contributed by atoms with Gasteiger partial charge in [-0.15, -0.1) is 0 Å². The van der Waals surface area contributed by atoms with Crippen molar-refractivity contribution in [3.8, 4) is 0 Å². The number of nitrogens with one attached hydrogen (secondary N) is 1. The summed E-state index contributed by atoms with van der Waals surface area (Å²) in [5.41, 5.74) is 2.75. The quantitative estimate of drug-likeness (QED) is 0.644. The van der Waals surface area contributed by atoms with Crippen molar-refractivity contribution in [2.45, 2.75) is 20.0 Å². The summed E-state index contributed by atoms with van der Waals surface area (Å²) in [6.07, 6.45) is 1.80. The molecule has 0 bridgehead atoms. The van der Waals surface area contributed by atoms with E-state index >= 15 is 0 Å². The Hall–Kier alpha value is -2.18. The van der Waals surface area contributed by atoms with E-state index in [0.717, 1.165) is 43.4 Å². The van der Waals surface area contributed by atoms with Crippen LogP contribution in [0.2, 0.25) is 5.02 Å². The predicted molar refractivity (Wildman–Crippen MR) is 107 cm³/mol. The highest BCUT2D eigenvalue weighted by Gasteiger charge is 2.21. The molecule has 3 rings (SSSR count). The molecule has 1 aliphatic heterocycles. The molecule has 1 fully saturated rings. The number of halogens is 2. The fourth-order valence-corrected chi connectivity index (χ4v) is 3.45. The minimum atomic E-state index is -0.242. The third kappa shape index (κ3) is 4.96. The maximum atomic E-state index is 14.0. The summed E-state index contributed by atoms with van der Waals surface area (Å²) in [6.45, 7) is 6.53. The van der Waals surface area contributed by atoms with Crippen LogP contribution in [-0.4, -0.2) is 54.0 Å². The topological polar surface area (TPSA) is 43.8 Å². The van der Waals surface area contributed by atoms with E-state index < -0.39 is 0 Å². The summed E-state index contributed by atoms with van der Waals surface area (Å²) in [6, 6.07) is 8.83. The number of aryl methyl sites for hydroxylation is 1. The Labute approximate surface area is 164 Å². The van der Waals surface area contributed by atoms with Gasteiger partial charge in [0, 0.05) is 56.6 Å². The van der Waals surface area contributed by atoms with Gasteiger partial charge in [0.25, 0.3) is 0 Å². The second-order valence-electron chi connectivity index (χ2n) is 6.63. The van der Waals surface area contributed by atoms with Gasteiger partial charge in [0.2, 0.25) is 0 Å². The van der Waals surface area contributed by atoms with Crippen LogP contribution in [0.3, 0.4) is 0 Å². The Morgan fingerprint density at radius 1 is 1.22 bits per heavy atom. The predicted octanol–water partition coefficient (Wildman–Crippen LogP) is 3.08. The Bertz CT molecular complexity index is 782. The van der Waals surface area contributed by atoms with Crippen molar-refractivity contribution in [3.63, 3.8) is 0 Å². The molecule has 0 unspecified atom stereocenters. The maximum Gasteiger partial charge on any atom is 0.194 e. The van der Waals surface area contributed by atoms with E-state index in [0.29, 0.717) is 23.7 Å². The summed E-state index contributed by atoms with van der Waals surface area (Å²) in [4.78, 5) is 13.2. The molecule has 2 heterocycles. The number of hydrogen-bond donors (Lipinski definition) is 1. The first kappa shape index (κ1) is 19.6. The van der Waals surface area contributed by atoms with Crippen LogP contribution in [-0.2, 0) is 13.1 Å². The molecular formula is C20H25ClFN5. The van der Waals surface area contributed by atoms with Gasteiger partial charge in [-0.3, -0.25) is 14.9 Å². The molecule has 0 spiro atoms. The largest absolute Gasteiger partial charge is 0.351 e. The van der Waals surface area contributed by atoms with Crippen LogP contribution < -0.4 is 5.32 Å². The Kier molecular flexibility index (Phi) is 6.63. The van der Waals surface area contributed by atoms with E-state index in [9.17, 15) is 4.39 Å². The summed E-state index contributed by atoms with van der Waals surface area (Å²) >= 11 is 6.15. The molecule has 0 radical (unpaired) electrons. The molecule has 1 aromatic heterocycles. The highest BCUT2D eigenvalue weighted by molar-refractivity contribution is 6.31. The first-order chi connectivity index (χ1) is 13.1. The van der Waals surface area contributed by atoms with Gasteiger partial charge in [0.1, 0.15) is 5.82 Å². The molecule has 27 heavy (non-hydrogen) atoms. The van der Waals surface area contributed by atoms with Gasteiger partial charge in [0.05, 0.1) is 12.2 Å². The average Bonchev–Trinajstić information content (AvgIpc) is 2.68. The number of hydrogen-bond acceptors (Lipinski definition) is 3. The summed E-state index contributed by atoms with van der Waals surface area (Å²) in [5, 5.41) is 3.88. The van der Waals surface area contributed by atoms with Crippen LogP contribution in [0.15, 0.2) is 41.5 Å². The normalized spacial score (nSPS) is 15.9. The smallest absolute Gasteiger partial charge is 0.194 e. The summed E-state index contributed by atoms with van der Waals surface area (Å²) < 4.78 is 14.0. The van der Waals surface area contributed by atoms with Crippen molar-refractivity contribution >= 4 is 17.6 Å². The molecule has 1 saturated heterocycles. The van der Waals surface area contributed by atoms with Crippen molar-refractivity contribution in [1.82, 2.24) is 20.1 Å². The fraction of sp³-hybridized carbons (Fsp3) is 0.400. The first-order valence-electron chi connectivity index (χ1n) is 9.10. The number of guanidine groups is 1. The van der Waals surface area contributed by atoms with Crippen LogP contribution in [0, 0.1) is 12.7 Å². The SMILES string of the molecule is CN=C(NCc1ncccc1C)N1CCN(Cc2c(F)cccc2Cl)CC1. The molecule has 0 aliphatic carbocycles. The molecule has 144 valence electrons. The zero-order valence-corrected chi connectivity index (χ0v) is 16.5. The summed E-state index contributed by atoms with van der Waals surface area (Å²) in [7, 11) is 1.79. The van der Waals surface area contributed by atoms with Crippen LogP contribution in [0.25, 0.3) is 0 Å². The zero-order chi connectivity index (χ0) is 19.2. The lowest BCUT2D eigenvalue weighted by molar-refractivity contribution is 0.171. The minimum absolute atomic E-state index is 0.242. The van der Waals surface area contributed by atoms with E-state index in [-0.39, 0.29) is 5.82 Å². The van der Waals surface area contributed by atoms with Gasteiger partial charge in [-0.25, -0.2) is 4.39 Å². The molecular weight excluding hydrogens is 365 g/mol. The van der Waals surface area contributed by atoms with Crippen molar-refractivity contribution in [2.24, 2.45) is 4.99 Å². The second-order valence-corrected chi connectivity index (χ2v) is 7.04. The Morgan fingerprint density at radius 3 is 2.67 bits per heavy atom. The van der Waals surface area contributed by atoms with Crippen molar-refractivity contribution in [2.75, 3.05) is 33.2 Å². The molecule has 5 nitrogen and oxygen atoms in total. The maximum absolute atomic E-state index is 14.0. The standard InChI is InChI=1S/C20H25ClFN5/c1-15-5-4-8-24-19(15)13-25-20(23-2)27-11-9-26(10-12-27)14-16-17(21)6-3-7-18(16)22/h3-8H,9-14H2,1-2H3,(H,23,25). The van der Waals surface area contributed by atoms with Gasteiger partial charge < -0.3 is 10.2 Å². The van der Waals surface area contributed by atoms with E-state index in [1.165, 1.54) is 6.07 Å². The number of piperazine rings is 1. The first-order valence-corrected chi connectivity index (χ1v) is 9.47. The van der Waals surface area contributed by atoms with Crippen molar-refractivity contribution in [1.29, 1.82) is 0 Å². The van der Waals surface area contributed by atoms with Gasteiger partial charge in [-0.05, 0) is 30.7 Å². The number of aromatic nitrogens is 1. The van der Waals surface area contributed by atoms with Crippen molar-refractivity contribution in [3.05, 3.63) is 64.2 Å². The highest BCUT2D eigenvalue weighted by atomic mass is 35.5. The second kappa shape index (κ2) is 9.15. The lowest BCUT2D eigenvalue weighted by Crippen LogP contribution is -2.52. The molecule has 2 aromatic rings. The van der Waals surface area contributed by atoms with Crippen molar-refractivity contribution < 1.29 is 4.39 Å². The highest BCUT2D eigenvalue weighted by Crippen LogP contribution is 2.21. The number of aliphatic imine (C=N–C) groups is 1. The number of rotatable bonds is 4. The number of pyridine rings is 1. The van der Waals surface area contributed by atoms with Crippen LogP contribution >= 0.6 is 11.6 Å². The molecule has 1 aromatic carbocycles. The van der Waals surface area contributed by atoms with E-state index in [1.54, 1.807) is 25.4 Å².